The minimum absolute atomic E-state index is 0.0795. The molecule has 0 saturated heterocycles. The predicted molar refractivity (Wildman–Crippen MR) is 63.8 cm³/mol. The first-order valence-corrected chi connectivity index (χ1v) is 5.36. The number of pyridine rings is 1. The average Bonchev–Trinajstić information content (AvgIpc) is 2.37. The van der Waals surface area contributed by atoms with Gasteiger partial charge in [-0.25, -0.2) is 0 Å². The average molecular weight is 202 g/mol. The smallest absolute Gasteiger partial charge is 0.0882 e. The number of nitrogens with zero attached hydrogens (tertiary/aromatic N) is 2. The maximum atomic E-state index is 4.31. The minimum Gasteiger partial charge on any atom is -0.262 e. The molecular weight excluding hydrogens is 184 g/mol. The lowest BCUT2D eigenvalue weighted by atomic mass is 9.92. The molecule has 0 amide bonds. The van der Waals surface area contributed by atoms with Crippen molar-refractivity contribution in [3.05, 3.63) is 41.3 Å². The summed E-state index contributed by atoms with van der Waals surface area (Å²) in [6.07, 6.45) is 9.73. The van der Waals surface area contributed by atoms with Gasteiger partial charge < -0.3 is 0 Å². The second-order valence-corrected chi connectivity index (χ2v) is 3.85. The van der Waals surface area contributed by atoms with Gasteiger partial charge in [0.2, 0.25) is 0 Å². The largest absolute Gasteiger partial charge is 0.262 e. The topological polar surface area (TPSA) is 25.2 Å². The minimum atomic E-state index is 0.0795. The van der Waals surface area contributed by atoms with Crippen LogP contribution < -0.4 is 10.6 Å². The quantitative estimate of drug-likeness (QED) is 0.632. The summed E-state index contributed by atoms with van der Waals surface area (Å²) in [4.78, 5) is 8.35. The maximum Gasteiger partial charge on any atom is 0.0882 e. The van der Waals surface area contributed by atoms with E-state index in [9.17, 15) is 0 Å². The van der Waals surface area contributed by atoms with Crippen LogP contribution in [0.25, 0.3) is 6.08 Å². The van der Waals surface area contributed by atoms with Crippen LogP contribution in [-0.4, -0.2) is 4.98 Å². The molecule has 0 aromatic carbocycles. The summed E-state index contributed by atoms with van der Waals surface area (Å²) < 4.78 is 0. The molecule has 0 N–H and O–H groups in total. The van der Waals surface area contributed by atoms with Crippen molar-refractivity contribution < 1.29 is 0 Å². The van der Waals surface area contributed by atoms with Crippen LogP contribution in [0.1, 0.15) is 27.7 Å². The van der Waals surface area contributed by atoms with E-state index in [0.29, 0.717) is 0 Å². The second kappa shape index (κ2) is 4.87. The van der Waals surface area contributed by atoms with E-state index in [0.717, 1.165) is 10.6 Å². The summed E-state index contributed by atoms with van der Waals surface area (Å²) >= 11 is 0. The van der Waals surface area contributed by atoms with E-state index in [2.05, 4.69) is 36.0 Å². The van der Waals surface area contributed by atoms with E-state index in [-0.39, 0.29) is 5.41 Å². The Morgan fingerprint density at radius 2 is 1.93 bits per heavy atom. The Bertz CT molecular complexity index is 456. The molecular formula is C13H18N2. The fourth-order valence-electron chi connectivity index (χ4n) is 1.39. The zero-order valence-electron chi connectivity index (χ0n) is 9.86. The third kappa shape index (κ3) is 3.01. The normalized spacial score (nSPS) is 16.0. The van der Waals surface area contributed by atoms with Crippen LogP contribution in [0.5, 0.6) is 0 Å². The van der Waals surface area contributed by atoms with Gasteiger partial charge in [0.1, 0.15) is 0 Å². The molecule has 1 aromatic rings. The summed E-state index contributed by atoms with van der Waals surface area (Å²) in [5.74, 6) is 0. The van der Waals surface area contributed by atoms with Gasteiger partial charge in [0, 0.05) is 23.0 Å². The van der Waals surface area contributed by atoms with Crippen molar-refractivity contribution in [3.63, 3.8) is 0 Å². The molecule has 2 heterocycles. The number of rotatable bonds is 0. The number of fused-ring (bicyclic) bond motifs is 1. The molecule has 2 heteroatoms. The Morgan fingerprint density at radius 3 is 2.67 bits per heavy atom. The van der Waals surface area contributed by atoms with Crippen LogP contribution in [0, 0.1) is 5.41 Å². The van der Waals surface area contributed by atoms with Gasteiger partial charge in [0.15, 0.2) is 0 Å². The fraction of sp³-hybridized carbons (Fsp3) is 0.385. The molecule has 0 radical (unpaired) electrons. The van der Waals surface area contributed by atoms with Crippen LogP contribution in [0.3, 0.4) is 0 Å². The molecule has 0 aliphatic carbocycles. The maximum absolute atomic E-state index is 4.31. The molecule has 0 bridgehead atoms. The molecule has 1 aromatic heterocycles. The van der Waals surface area contributed by atoms with Gasteiger partial charge in [-0.1, -0.05) is 39.8 Å². The lowest BCUT2D eigenvalue weighted by Gasteiger charge is -2.12. The van der Waals surface area contributed by atoms with Crippen molar-refractivity contribution in [2.45, 2.75) is 27.7 Å². The fourth-order valence-corrected chi connectivity index (χ4v) is 1.39. The number of allylic oxidation sites excluding steroid dienone is 1. The SMILES string of the molecule is CC.CC1(C)C=CN=c2cnccc2=C1. The molecule has 2 rings (SSSR count). The highest BCUT2D eigenvalue weighted by atomic mass is 14.7. The molecule has 1 aliphatic rings. The van der Waals surface area contributed by atoms with Crippen molar-refractivity contribution in [1.29, 1.82) is 0 Å². The standard InChI is InChI=1S/C11H12N2.C2H6/c1-11(2)4-6-13-10-8-12-5-3-9(10)7-11;1-2/h3-8H,1-2H3;1-2H3. The molecule has 2 nitrogen and oxygen atoms in total. The van der Waals surface area contributed by atoms with E-state index in [4.69, 9.17) is 0 Å². The van der Waals surface area contributed by atoms with E-state index in [1.54, 1.807) is 12.4 Å². The summed E-state index contributed by atoms with van der Waals surface area (Å²) in [7, 11) is 0. The van der Waals surface area contributed by atoms with Crippen molar-refractivity contribution in [2.75, 3.05) is 0 Å². The Hall–Kier alpha value is -1.44. The van der Waals surface area contributed by atoms with Crippen LogP contribution in [0.2, 0.25) is 0 Å². The van der Waals surface area contributed by atoms with Crippen LogP contribution in [0.4, 0.5) is 0 Å². The van der Waals surface area contributed by atoms with Gasteiger partial charge in [-0.15, -0.1) is 0 Å². The summed E-state index contributed by atoms with van der Waals surface area (Å²) in [6.45, 7) is 8.32. The lowest BCUT2D eigenvalue weighted by molar-refractivity contribution is 0.669. The lowest BCUT2D eigenvalue weighted by Crippen LogP contribution is -2.26. The molecule has 0 fully saturated rings. The first-order chi connectivity index (χ1) is 7.17. The molecule has 0 atom stereocenters. The Labute approximate surface area is 91.1 Å². The van der Waals surface area contributed by atoms with E-state index >= 15 is 0 Å². The zero-order valence-corrected chi connectivity index (χ0v) is 9.86. The number of aromatic nitrogens is 1. The van der Waals surface area contributed by atoms with Gasteiger partial charge in [-0.3, -0.25) is 9.98 Å². The third-order valence-electron chi connectivity index (χ3n) is 2.08. The van der Waals surface area contributed by atoms with Crippen LogP contribution in [0.15, 0.2) is 35.7 Å². The Balaban J connectivity index is 0.000000531. The first kappa shape index (κ1) is 11.6. The third-order valence-corrected chi connectivity index (χ3v) is 2.08. The van der Waals surface area contributed by atoms with Crippen molar-refractivity contribution >= 4 is 6.08 Å². The predicted octanol–water partition coefficient (Wildman–Crippen LogP) is 2.06. The molecule has 1 aliphatic heterocycles. The first-order valence-electron chi connectivity index (χ1n) is 5.36. The molecule has 0 unspecified atom stereocenters. The highest BCUT2D eigenvalue weighted by molar-refractivity contribution is 5.35. The van der Waals surface area contributed by atoms with E-state index < -0.39 is 0 Å². The summed E-state index contributed by atoms with van der Waals surface area (Å²) in [5.41, 5.74) is 0.0795. The van der Waals surface area contributed by atoms with Crippen molar-refractivity contribution in [2.24, 2.45) is 10.4 Å². The highest BCUT2D eigenvalue weighted by Gasteiger charge is 2.10. The number of hydrogen-bond acceptors (Lipinski definition) is 2. The van der Waals surface area contributed by atoms with Gasteiger partial charge in [-0.2, -0.15) is 0 Å². The second-order valence-electron chi connectivity index (χ2n) is 3.85. The monoisotopic (exact) mass is 202 g/mol. The van der Waals surface area contributed by atoms with Gasteiger partial charge in [0.05, 0.1) is 11.6 Å². The van der Waals surface area contributed by atoms with Crippen molar-refractivity contribution in [1.82, 2.24) is 4.98 Å². The van der Waals surface area contributed by atoms with Gasteiger partial charge in [0.25, 0.3) is 0 Å². The van der Waals surface area contributed by atoms with E-state index in [1.807, 2.05) is 26.1 Å². The molecule has 80 valence electrons. The molecule has 0 spiro atoms. The zero-order chi connectivity index (χ0) is 11.3. The van der Waals surface area contributed by atoms with Gasteiger partial charge in [-0.05, 0) is 6.07 Å². The Kier molecular flexibility index (Phi) is 3.78. The highest BCUT2D eigenvalue weighted by Crippen LogP contribution is 2.18. The van der Waals surface area contributed by atoms with Crippen molar-refractivity contribution in [3.8, 4) is 0 Å². The van der Waals surface area contributed by atoms with Gasteiger partial charge >= 0.3 is 0 Å². The Morgan fingerprint density at radius 1 is 1.20 bits per heavy atom. The summed E-state index contributed by atoms with van der Waals surface area (Å²) in [5, 5.41) is 2.11. The van der Waals surface area contributed by atoms with Crippen LogP contribution >= 0.6 is 0 Å². The molecule has 0 saturated carbocycles. The van der Waals surface area contributed by atoms with Crippen LogP contribution in [-0.2, 0) is 0 Å². The summed E-state index contributed by atoms with van der Waals surface area (Å²) in [6, 6.07) is 1.99. The molecule has 15 heavy (non-hydrogen) atoms. The number of hydrogen-bond donors (Lipinski definition) is 0. The van der Waals surface area contributed by atoms with E-state index in [1.165, 1.54) is 0 Å².